The number of rotatable bonds is 6. The number of anilines is 1. The lowest BCUT2D eigenvalue weighted by Gasteiger charge is -2.21. The van der Waals surface area contributed by atoms with Gasteiger partial charge in [-0.25, -0.2) is 0 Å². The molecule has 1 rings (SSSR count). The second kappa shape index (κ2) is 6.33. The molecule has 2 N–H and O–H groups in total. The van der Waals surface area contributed by atoms with Gasteiger partial charge < -0.3 is 10.6 Å². The summed E-state index contributed by atoms with van der Waals surface area (Å²) in [5.74, 6) is 0. The number of hydrogen-bond donors (Lipinski definition) is 1. The first-order chi connectivity index (χ1) is 7.72. The second-order valence-corrected chi connectivity index (χ2v) is 3.89. The molecule has 0 heterocycles. The highest BCUT2D eigenvalue weighted by Gasteiger charge is 2.05. The van der Waals surface area contributed by atoms with E-state index in [1.165, 1.54) is 11.3 Å². The van der Waals surface area contributed by atoms with Crippen molar-refractivity contribution in [2.24, 2.45) is 5.73 Å². The van der Waals surface area contributed by atoms with Gasteiger partial charge in [-0.05, 0) is 38.0 Å². The van der Waals surface area contributed by atoms with Crippen LogP contribution in [0.15, 0.2) is 36.9 Å². The minimum Gasteiger partial charge on any atom is -0.372 e. The minimum atomic E-state index is 0.0725. The summed E-state index contributed by atoms with van der Waals surface area (Å²) in [5.41, 5.74) is 8.45. The molecule has 0 saturated carbocycles. The predicted molar refractivity (Wildman–Crippen MR) is 71.7 cm³/mol. The zero-order valence-electron chi connectivity index (χ0n) is 10.3. The SMILES string of the molecule is C=CC[C@H](N)c1ccc(N(CC)CC)cc1. The highest BCUT2D eigenvalue weighted by Crippen LogP contribution is 2.19. The Bertz CT molecular complexity index is 312. The molecule has 0 aliphatic rings. The fourth-order valence-corrected chi connectivity index (χ4v) is 1.84. The minimum absolute atomic E-state index is 0.0725. The highest BCUT2D eigenvalue weighted by atomic mass is 15.1. The normalized spacial score (nSPS) is 12.2. The van der Waals surface area contributed by atoms with Gasteiger partial charge in [-0.1, -0.05) is 18.2 Å². The van der Waals surface area contributed by atoms with Crippen molar-refractivity contribution in [3.05, 3.63) is 42.5 Å². The Morgan fingerprint density at radius 3 is 2.25 bits per heavy atom. The summed E-state index contributed by atoms with van der Waals surface area (Å²) in [7, 11) is 0. The molecule has 1 aromatic rings. The molecule has 0 spiro atoms. The summed E-state index contributed by atoms with van der Waals surface area (Å²) < 4.78 is 0. The van der Waals surface area contributed by atoms with E-state index in [9.17, 15) is 0 Å². The fraction of sp³-hybridized carbons (Fsp3) is 0.429. The lowest BCUT2D eigenvalue weighted by Crippen LogP contribution is -2.21. The van der Waals surface area contributed by atoms with Gasteiger partial charge in [0.05, 0.1) is 0 Å². The van der Waals surface area contributed by atoms with E-state index in [0.29, 0.717) is 0 Å². The maximum atomic E-state index is 6.01. The van der Waals surface area contributed by atoms with E-state index in [2.05, 4.69) is 49.6 Å². The van der Waals surface area contributed by atoms with Gasteiger partial charge in [-0.2, -0.15) is 0 Å². The van der Waals surface area contributed by atoms with E-state index in [1.807, 2.05) is 6.08 Å². The van der Waals surface area contributed by atoms with Crippen molar-refractivity contribution in [1.29, 1.82) is 0 Å². The molecular weight excluding hydrogens is 196 g/mol. The van der Waals surface area contributed by atoms with Gasteiger partial charge in [0.15, 0.2) is 0 Å². The van der Waals surface area contributed by atoms with Crippen LogP contribution in [0.3, 0.4) is 0 Å². The van der Waals surface area contributed by atoms with Crippen molar-refractivity contribution < 1.29 is 0 Å². The van der Waals surface area contributed by atoms with E-state index in [0.717, 1.165) is 19.5 Å². The van der Waals surface area contributed by atoms with Gasteiger partial charge in [0.2, 0.25) is 0 Å². The molecule has 0 radical (unpaired) electrons. The van der Waals surface area contributed by atoms with E-state index in [1.54, 1.807) is 0 Å². The molecule has 1 aromatic carbocycles. The Morgan fingerprint density at radius 2 is 1.81 bits per heavy atom. The Kier molecular flexibility index (Phi) is 5.06. The van der Waals surface area contributed by atoms with E-state index >= 15 is 0 Å². The van der Waals surface area contributed by atoms with Crippen molar-refractivity contribution in [2.75, 3.05) is 18.0 Å². The summed E-state index contributed by atoms with van der Waals surface area (Å²) in [6.07, 6.45) is 2.69. The molecule has 2 heteroatoms. The van der Waals surface area contributed by atoms with Gasteiger partial charge in [0.25, 0.3) is 0 Å². The molecule has 0 aliphatic heterocycles. The number of hydrogen-bond acceptors (Lipinski definition) is 2. The van der Waals surface area contributed by atoms with E-state index < -0.39 is 0 Å². The van der Waals surface area contributed by atoms with Crippen LogP contribution in [-0.4, -0.2) is 13.1 Å². The summed E-state index contributed by atoms with van der Waals surface area (Å²) in [6.45, 7) is 10.1. The molecular formula is C14H22N2. The van der Waals surface area contributed by atoms with Crippen molar-refractivity contribution >= 4 is 5.69 Å². The molecule has 0 aromatic heterocycles. The van der Waals surface area contributed by atoms with E-state index in [-0.39, 0.29) is 6.04 Å². The maximum Gasteiger partial charge on any atom is 0.0366 e. The van der Waals surface area contributed by atoms with Gasteiger partial charge in [-0.15, -0.1) is 6.58 Å². The van der Waals surface area contributed by atoms with Crippen molar-refractivity contribution in [1.82, 2.24) is 0 Å². The summed E-state index contributed by atoms with van der Waals surface area (Å²) >= 11 is 0. The quantitative estimate of drug-likeness (QED) is 0.743. The smallest absolute Gasteiger partial charge is 0.0366 e. The topological polar surface area (TPSA) is 29.3 Å². The molecule has 1 atom stereocenters. The fourth-order valence-electron chi connectivity index (χ4n) is 1.84. The predicted octanol–water partition coefficient (Wildman–Crippen LogP) is 3.11. The van der Waals surface area contributed by atoms with Gasteiger partial charge in [0, 0.05) is 24.8 Å². The van der Waals surface area contributed by atoms with Gasteiger partial charge in [0.1, 0.15) is 0 Å². The third kappa shape index (κ3) is 3.11. The van der Waals surface area contributed by atoms with Crippen LogP contribution in [0.4, 0.5) is 5.69 Å². The van der Waals surface area contributed by atoms with Crippen molar-refractivity contribution in [2.45, 2.75) is 26.3 Å². The first-order valence-electron chi connectivity index (χ1n) is 5.94. The zero-order valence-corrected chi connectivity index (χ0v) is 10.3. The summed E-state index contributed by atoms with van der Waals surface area (Å²) in [4.78, 5) is 2.32. The van der Waals surface area contributed by atoms with Gasteiger partial charge in [-0.3, -0.25) is 0 Å². The molecule has 88 valence electrons. The van der Waals surface area contributed by atoms with Crippen LogP contribution < -0.4 is 10.6 Å². The largest absolute Gasteiger partial charge is 0.372 e. The van der Waals surface area contributed by atoms with Crippen LogP contribution >= 0.6 is 0 Å². The Morgan fingerprint density at radius 1 is 1.25 bits per heavy atom. The molecule has 0 unspecified atom stereocenters. The average Bonchev–Trinajstić information content (AvgIpc) is 2.32. The first-order valence-corrected chi connectivity index (χ1v) is 5.94. The maximum absolute atomic E-state index is 6.01. The summed E-state index contributed by atoms with van der Waals surface area (Å²) in [6, 6.07) is 8.59. The number of benzene rings is 1. The number of nitrogens with two attached hydrogens (primary N) is 1. The van der Waals surface area contributed by atoms with Crippen LogP contribution in [0, 0.1) is 0 Å². The third-order valence-electron chi connectivity index (χ3n) is 2.87. The standard InChI is InChI=1S/C14H22N2/c1-4-7-14(15)12-8-10-13(11-9-12)16(5-2)6-3/h4,8-11,14H,1,5-7,15H2,2-3H3/t14-/m0/s1. The third-order valence-corrected chi connectivity index (χ3v) is 2.87. The Hall–Kier alpha value is -1.28. The Labute approximate surface area is 98.8 Å². The molecule has 0 amide bonds. The monoisotopic (exact) mass is 218 g/mol. The highest BCUT2D eigenvalue weighted by molar-refractivity contribution is 5.47. The van der Waals surface area contributed by atoms with Crippen LogP contribution in [-0.2, 0) is 0 Å². The molecule has 16 heavy (non-hydrogen) atoms. The van der Waals surface area contributed by atoms with Crippen LogP contribution in [0.5, 0.6) is 0 Å². The lowest BCUT2D eigenvalue weighted by atomic mass is 10.0. The number of nitrogens with zero attached hydrogens (tertiary/aromatic N) is 1. The van der Waals surface area contributed by atoms with Gasteiger partial charge >= 0.3 is 0 Å². The van der Waals surface area contributed by atoms with E-state index in [4.69, 9.17) is 5.73 Å². The Balaban J connectivity index is 2.77. The summed E-state index contributed by atoms with van der Waals surface area (Å²) in [5, 5.41) is 0. The zero-order chi connectivity index (χ0) is 12.0. The first kappa shape index (κ1) is 12.8. The van der Waals surface area contributed by atoms with Crippen LogP contribution in [0.1, 0.15) is 31.9 Å². The van der Waals surface area contributed by atoms with Crippen molar-refractivity contribution in [3.8, 4) is 0 Å². The average molecular weight is 218 g/mol. The molecule has 0 fully saturated rings. The van der Waals surface area contributed by atoms with Crippen molar-refractivity contribution in [3.63, 3.8) is 0 Å². The lowest BCUT2D eigenvalue weighted by molar-refractivity contribution is 0.741. The van der Waals surface area contributed by atoms with Crippen LogP contribution in [0.25, 0.3) is 0 Å². The molecule has 0 saturated heterocycles. The van der Waals surface area contributed by atoms with Crippen LogP contribution in [0.2, 0.25) is 0 Å². The molecule has 0 aliphatic carbocycles. The molecule has 0 bridgehead atoms. The second-order valence-electron chi connectivity index (χ2n) is 3.89. The molecule has 2 nitrogen and oxygen atoms in total.